The Labute approximate surface area is 186 Å². The third kappa shape index (κ3) is 4.89. The average molecular weight is 457 g/mol. The minimum atomic E-state index is -3.91. The second-order valence-electron chi connectivity index (χ2n) is 7.80. The van der Waals surface area contributed by atoms with Crippen LogP contribution in [0.1, 0.15) is 24.0 Å². The number of nitrogens with one attached hydrogen (secondary N) is 1. The van der Waals surface area contributed by atoms with E-state index < -0.39 is 15.8 Å². The number of carbonyl (C=O) groups is 1. The number of hydrogen-bond donors (Lipinski definition) is 1. The molecule has 168 valence electrons. The first-order chi connectivity index (χ1) is 15.4. The largest absolute Gasteiger partial charge is 0.352 e. The average Bonchev–Trinajstić information content (AvgIpc) is 3.32. The number of halogens is 1. The van der Waals surface area contributed by atoms with Crippen LogP contribution < -0.4 is 5.32 Å². The van der Waals surface area contributed by atoms with Crippen LogP contribution in [0.2, 0.25) is 0 Å². The van der Waals surface area contributed by atoms with Crippen LogP contribution in [-0.4, -0.2) is 41.5 Å². The number of carbonyl (C=O) groups excluding carboxylic acids is 1. The summed E-state index contributed by atoms with van der Waals surface area (Å²) in [5.41, 5.74) is 2.08. The van der Waals surface area contributed by atoms with Crippen molar-refractivity contribution in [2.45, 2.75) is 30.8 Å². The second kappa shape index (κ2) is 9.62. The second-order valence-corrected chi connectivity index (χ2v) is 9.71. The normalized spacial score (nSPS) is 15.5. The summed E-state index contributed by atoms with van der Waals surface area (Å²) in [6.07, 6.45) is 4.41. The van der Waals surface area contributed by atoms with Gasteiger partial charge in [0.2, 0.25) is 15.9 Å². The standard InChI is InChI=1S/C23H25FN4O3S/c24-21-8-3-4-9-22(21)32(30,31)28-14-10-18(11-15-28)23(29)25-16-19-6-1-2-7-20(19)17-27-13-5-12-26-27/h1-9,12-13,18H,10-11,14-17H2,(H,25,29). The fourth-order valence-corrected chi connectivity index (χ4v) is 5.47. The first-order valence-electron chi connectivity index (χ1n) is 10.5. The maximum Gasteiger partial charge on any atom is 0.245 e. The Morgan fingerprint density at radius 1 is 1.03 bits per heavy atom. The van der Waals surface area contributed by atoms with Crippen molar-refractivity contribution in [3.05, 3.63) is 83.9 Å². The van der Waals surface area contributed by atoms with E-state index in [0.29, 0.717) is 25.9 Å². The molecular weight excluding hydrogens is 431 g/mol. The van der Waals surface area contributed by atoms with E-state index in [2.05, 4.69) is 10.4 Å². The van der Waals surface area contributed by atoms with E-state index in [0.717, 1.165) is 17.2 Å². The molecule has 0 bridgehead atoms. The molecule has 2 heterocycles. The van der Waals surface area contributed by atoms with Crippen molar-refractivity contribution in [1.82, 2.24) is 19.4 Å². The Bertz CT molecular complexity index is 1170. The molecule has 7 nitrogen and oxygen atoms in total. The molecule has 9 heteroatoms. The molecule has 1 amide bonds. The summed E-state index contributed by atoms with van der Waals surface area (Å²) in [6, 6.07) is 15.1. The highest BCUT2D eigenvalue weighted by molar-refractivity contribution is 7.89. The molecule has 32 heavy (non-hydrogen) atoms. The van der Waals surface area contributed by atoms with Crippen LogP contribution in [0.15, 0.2) is 71.9 Å². The lowest BCUT2D eigenvalue weighted by atomic mass is 9.97. The van der Waals surface area contributed by atoms with Gasteiger partial charge in [0.05, 0.1) is 6.54 Å². The molecule has 4 rings (SSSR count). The van der Waals surface area contributed by atoms with Gasteiger partial charge < -0.3 is 5.32 Å². The zero-order valence-corrected chi connectivity index (χ0v) is 18.3. The Balaban J connectivity index is 1.33. The minimum absolute atomic E-state index is 0.0955. The first-order valence-corrected chi connectivity index (χ1v) is 12.0. The molecule has 1 saturated heterocycles. The summed E-state index contributed by atoms with van der Waals surface area (Å²) in [5.74, 6) is -1.14. The summed E-state index contributed by atoms with van der Waals surface area (Å²) in [4.78, 5) is 12.4. The molecule has 1 aliphatic heterocycles. The fraction of sp³-hybridized carbons (Fsp3) is 0.304. The van der Waals surface area contributed by atoms with E-state index in [4.69, 9.17) is 0 Å². The molecule has 0 saturated carbocycles. The SMILES string of the molecule is O=C(NCc1ccccc1Cn1cccn1)C1CCN(S(=O)(=O)c2ccccc2F)CC1. The van der Waals surface area contributed by atoms with Gasteiger partial charge in [-0.15, -0.1) is 0 Å². The number of benzene rings is 2. The van der Waals surface area contributed by atoms with Crippen LogP contribution in [0, 0.1) is 11.7 Å². The topological polar surface area (TPSA) is 84.3 Å². The Hall–Kier alpha value is -3.04. The van der Waals surface area contributed by atoms with Crippen LogP contribution in [0.4, 0.5) is 4.39 Å². The van der Waals surface area contributed by atoms with Gasteiger partial charge in [0.15, 0.2) is 0 Å². The van der Waals surface area contributed by atoms with Gasteiger partial charge in [0.1, 0.15) is 10.7 Å². The van der Waals surface area contributed by atoms with Gasteiger partial charge in [-0.25, -0.2) is 12.8 Å². The van der Waals surface area contributed by atoms with Gasteiger partial charge in [-0.05, 0) is 42.2 Å². The highest BCUT2D eigenvalue weighted by atomic mass is 32.2. The van der Waals surface area contributed by atoms with Gasteiger partial charge in [0, 0.05) is 37.9 Å². The molecule has 3 aromatic rings. The summed E-state index contributed by atoms with van der Waals surface area (Å²) in [7, 11) is -3.91. The number of sulfonamides is 1. The van der Waals surface area contributed by atoms with Crippen molar-refractivity contribution in [1.29, 1.82) is 0 Å². The quantitative estimate of drug-likeness (QED) is 0.593. The predicted octanol–water partition coefficient (Wildman–Crippen LogP) is 2.79. The Morgan fingerprint density at radius 3 is 2.41 bits per heavy atom. The summed E-state index contributed by atoms with van der Waals surface area (Å²) in [6.45, 7) is 1.38. The van der Waals surface area contributed by atoms with Crippen molar-refractivity contribution in [2.75, 3.05) is 13.1 Å². The van der Waals surface area contributed by atoms with E-state index >= 15 is 0 Å². The molecule has 1 fully saturated rings. The lowest BCUT2D eigenvalue weighted by Gasteiger charge is -2.30. The number of nitrogens with zero attached hydrogens (tertiary/aromatic N) is 3. The lowest BCUT2D eigenvalue weighted by Crippen LogP contribution is -2.43. The highest BCUT2D eigenvalue weighted by Crippen LogP contribution is 2.25. The molecule has 0 atom stereocenters. The van der Waals surface area contributed by atoms with Gasteiger partial charge in [0.25, 0.3) is 0 Å². The van der Waals surface area contributed by atoms with E-state index in [1.54, 1.807) is 6.20 Å². The lowest BCUT2D eigenvalue weighted by molar-refractivity contribution is -0.126. The third-order valence-electron chi connectivity index (χ3n) is 5.74. The molecule has 1 N–H and O–H groups in total. The third-order valence-corrected chi connectivity index (χ3v) is 7.67. The van der Waals surface area contributed by atoms with Crippen LogP contribution >= 0.6 is 0 Å². The van der Waals surface area contributed by atoms with Crippen LogP contribution in [0.5, 0.6) is 0 Å². The maximum atomic E-state index is 14.0. The van der Waals surface area contributed by atoms with Gasteiger partial charge in [-0.2, -0.15) is 9.40 Å². The number of piperidine rings is 1. The summed E-state index contributed by atoms with van der Waals surface area (Å²) >= 11 is 0. The molecule has 0 radical (unpaired) electrons. The number of aromatic nitrogens is 2. The van der Waals surface area contributed by atoms with Crippen molar-refractivity contribution in [3.8, 4) is 0 Å². The van der Waals surface area contributed by atoms with E-state index in [9.17, 15) is 17.6 Å². The molecule has 0 unspecified atom stereocenters. The molecule has 2 aromatic carbocycles. The summed E-state index contributed by atoms with van der Waals surface area (Å²) in [5, 5.41) is 7.21. The van der Waals surface area contributed by atoms with Crippen molar-refractivity contribution in [2.24, 2.45) is 5.92 Å². The van der Waals surface area contributed by atoms with Crippen molar-refractivity contribution < 1.29 is 17.6 Å². The number of amides is 1. The van der Waals surface area contributed by atoms with Gasteiger partial charge in [-0.1, -0.05) is 36.4 Å². The molecule has 1 aromatic heterocycles. The summed E-state index contributed by atoms with van der Waals surface area (Å²) < 4.78 is 42.6. The van der Waals surface area contributed by atoms with Crippen LogP contribution in [0.3, 0.4) is 0 Å². The molecule has 1 aliphatic rings. The van der Waals surface area contributed by atoms with Crippen LogP contribution in [-0.2, 0) is 27.9 Å². The Kier molecular flexibility index (Phi) is 6.66. The molecule has 0 aliphatic carbocycles. The van der Waals surface area contributed by atoms with Crippen molar-refractivity contribution >= 4 is 15.9 Å². The van der Waals surface area contributed by atoms with E-state index in [-0.39, 0.29) is 29.8 Å². The van der Waals surface area contributed by atoms with Crippen molar-refractivity contribution in [3.63, 3.8) is 0 Å². The predicted molar refractivity (Wildman–Crippen MR) is 118 cm³/mol. The van der Waals surface area contributed by atoms with E-state index in [1.165, 1.54) is 22.5 Å². The zero-order chi connectivity index (χ0) is 22.6. The highest BCUT2D eigenvalue weighted by Gasteiger charge is 2.33. The number of rotatable bonds is 7. The minimum Gasteiger partial charge on any atom is -0.352 e. The number of hydrogen-bond acceptors (Lipinski definition) is 4. The Morgan fingerprint density at radius 2 is 1.72 bits per heavy atom. The van der Waals surface area contributed by atoms with Gasteiger partial charge >= 0.3 is 0 Å². The zero-order valence-electron chi connectivity index (χ0n) is 17.5. The monoisotopic (exact) mass is 456 g/mol. The maximum absolute atomic E-state index is 14.0. The van der Waals surface area contributed by atoms with E-state index in [1.807, 2.05) is 41.2 Å². The smallest absolute Gasteiger partial charge is 0.245 e. The molecule has 0 spiro atoms. The van der Waals surface area contributed by atoms with Gasteiger partial charge in [-0.3, -0.25) is 9.48 Å². The molecular formula is C23H25FN4O3S. The fourth-order valence-electron chi connectivity index (χ4n) is 3.93. The van der Waals surface area contributed by atoms with Crippen LogP contribution in [0.25, 0.3) is 0 Å². The first kappa shape index (κ1) is 22.2.